The predicted octanol–water partition coefficient (Wildman–Crippen LogP) is 1.95. The Kier molecular flexibility index (Phi) is 2.16. The molecule has 0 aliphatic carbocycles. The van der Waals surface area contributed by atoms with Crippen LogP contribution in [0.4, 0.5) is 8.78 Å². The van der Waals surface area contributed by atoms with Crippen LogP contribution in [0, 0.1) is 0 Å². The van der Waals surface area contributed by atoms with Crippen molar-refractivity contribution in [3.63, 3.8) is 0 Å². The van der Waals surface area contributed by atoms with Crippen molar-refractivity contribution in [1.82, 2.24) is 0 Å². The molecule has 0 amide bonds. The monoisotopic (exact) mass is 134 g/mol. The van der Waals surface area contributed by atoms with Gasteiger partial charge >= 0.3 is 0 Å². The van der Waals surface area contributed by atoms with E-state index in [-0.39, 0.29) is 6.33 Å². The molecule has 1 rings (SSSR count). The lowest BCUT2D eigenvalue weighted by atomic mass is 10.2. The van der Waals surface area contributed by atoms with Gasteiger partial charge in [0.05, 0.1) is 0 Å². The number of ether oxygens (including phenoxy) is 1. The molecule has 0 N–H and O–H groups in total. The minimum absolute atomic E-state index is 0.0318. The fraction of sp³-hybridized carbons (Fsp3) is 0.667. The average Bonchev–Trinajstić information content (AvgIpc) is 2.37. The minimum Gasteiger partial charge on any atom is -0.371 e. The molecule has 1 unspecified atom stereocenters. The summed E-state index contributed by atoms with van der Waals surface area (Å²) in [5, 5.41) is 0. The zero-order chi connectivity index (χ0) is 6.69. The summed E-state index contributed by atoms with van der Waals surface area (Å²) in [7, 11) is 0. The Labute approximate surface area is 52.3 Å². The Morgan fingerprint density at radius 1 is 1.67 bits per heavy atom. The first-order chi connectivity index (χ1) is 4.34. The van der Waals surface area contributed by atoms with Crippen molar-refractivity contribution in [1.29, 1.82) is 0 Å². The summed E-state index contributed by atoms with van der Waals surface area (Å²) in [6, 6.07) is 0. The van der Waals surface area contributed by atoms with Crippen LogP contribution < -0.4 is 0 Å². The first-order valence-electron chi connectivity index (χ1n) is 2.92. The van der Waals surface area contributed by atoms with Crippen LogP contribution in [0.2, 0.25) is 0 Å². The van der Waals surface area contributed by atoms with Crippen molar-refractivity contribution in [3.8, 4) is 0 Å². The van der Waals surface area contributed by atoms with E-state index in [9.17, 15) is 8.78 Å². The fourth-order valence-electron chi connectivity index (χ4n) is 0.865. The molecule has 0 aromatic heterocycles. The number of hydrogen-bond acceptors (Lipinski definition) is 1. The molecular formula is C6H8F2O. The van der Waals surface area contributed by atoms with Crippen LogP contribution in [0.15, 0.2) is 12.2 Å². The van der Waals surface area contributed by atoms with Gasteiger partial charge in [0.25, 0.3) is 0 Å². The molecular weight excluding hydrogens is 126 g/mol. The third-order valence-corrected chi connectivity index (χ3v) is 1.34. The van der Waals surface area contributed by atoms with Gasteiger partial charge in [0.1, 0.15) is 12.4 Å². The molecule has 0 aromatic rings. The van der Waals surface area contributed by atoms with Gasteiger partial charge in [-0.3, -0.25) is 0 Å². The highest BCUT2D eigenvalue weighted by Gasteiger charge is 2.19. The second-order valence-corrected chi connectivity index (χ2v) is 2.00. The maximum absolute atomic E-state index is 12.2. The second-order valence-electron chi connectivity index (χ2n) is 2.00. The number of halogens is 2. The summed E-state index contributed by atoms with van der Waals surface area (Å²) in [6.45, 7) is 0.548. The molecule has 3 heteroatoms. The lowest BCUT2D eigenvalue weighted by Gasteiger charge is -2.02. The smallest absolute Gasteiger partial charge is 0.157 e. The highest BCUT2D eigenvalue weighted by Crippen LogP contribution is 2.20. The van der Waals surface area contributed by atoms with Crippen molar-refractivity contribution in [3.05, 3.63) is 12.2 Å². The summed E-state index contributed by atoms with van der Waals surface area (Å²) < 4.78 is 28.4. The van der Waals surface area contributed by atoms with E-state index in [1.165, 1.54) is 0 Å². The maximum atomic E-state index is 12.2. The zero-order valence-corrected chi connectivity index (χ0v) is 4.94. The largest absolute Gasteiger partial charge is 0.371 e. The van der Waals surface area contributed by atoms with Crippen LogP contribution in [-0.4, -0.2) is 12.7 Å². The second kappa shape index (κ2) is 2.92. The van der Waals surface area contributed by atoms with Crippen LogP contribution in [0.25, 0.3) is 0 Å². The van der Waals surface area contributed by atoms with E-state index < -0.39 is 11.9 Å². The molecule has 52 valence electrons. The average molecular weight is 134 g/mol. The summed E-state index contributed by atoms with van der Waals surface area (Å²) in [4.78, 5) is 0. The molecule has 1 atom stereocenters. The van der Waals surface area contributed by atoms with Gasteiger partial charge in [-0.2, -0.15) is 0 Å². The van der Waals surface area contributed by atoms with Crippen molar-refractivity contribution in [2.75, 3.05) is 6.61 Å². The molecule has 1 saturated heterocycles. The van der Waals surface area contributed by atoms with Crippen molar-refractivity contribution in [2.24, 2.45) is 0 Å². The quantitative estimate of drug-likeness (QED) is 0.532. The molecule has 1 nitrogen and oxygen atoms in total. The predicted molar refractivity (Wildman–Crippen MR) is 29.3 cm³/mol. The highest BCUT2D eigenvalue weighted by atomic mass is 19.2. The molecule has 1 aliphatic heterocycles. The van der Waals surface area contributed by atoms with Crippen LogP contribution in [0.5, 0.6) is 0 Å². The Balaban J connectivity index is 2.42. The van der Waals surface area contributed by atoms with E-state index in [0.29, 0.717) is 13.0 Å². The summed E-state index contributed by atoms with van der Waals surface area (Å²) in [6.07, 6.45) is 0.795. The molecule has 0 saturated carbocycles. The molecule has 0 bridgehead atoms. The molecule has 0 spiro atoms. The molecule has 1 fully saturated rings. The molecule has 9 heavy (non-hydrogen) atoms. The lowest BCUT2D eigenvalue weighted by Crippen LogP contribution is -2.04. The molecule has 1 aliphatic rings. The number of rotatable bonds is 1. The van der Waals surface area contributed by atoms with Crippen LogP contribution in [0.1, 0.15) is 12.8 Å². The van der Waals surface area contributed by atoms with Crippen LogP contribution >= 0.6 is 0 Å². The summed E-state index contributed by atoms with van der Waals surface area (Å²) in [5.74, 6) is -0.785. The third-order valence-electron chi connectivity index (χ3n) is 1.34. The van der Waals surface area contributed by atoms with E-state index in [1.807, 2.05) is 0 Å². The van der Waals surface area contributed by atoms with Gasteiger partial charge in [-0.15, -0.1) is 0 Å². The standard InChI is InChI=1S/C6H8F2O/c7-4-5(8)6-2-1-3-9-6/h4,6H,1-3H2/b5-4-. The Hall–Kier alpha value is -0.440. The van der Waals surface area contributed by atoms with Gasteiger partial charge in [0.15, 0.2) is 5.83 Å². The lowest BCUT2D eigenvalue weighted by molar-refractivity contribution is 0.117. The first-order valence-corrected chi connectivity index (χ1v) is 2.92. The van der Waals surface area contributed by atoms with Crippen LogP contribution in [0.3, 0.4) is 0 Å². The Bertz CT molecular complexity index is 116. The maximum Gasteiger partial charge on any atom is 0.157 e. The Morgan fingerprint density at radius 3 is 2.89 bits per heavy atom. The first kappa shape index (κ1) is 6.68. The fourth-order valence-corrected chi connectivity index (χ4v) is 0.865. The molecule has 0 aromatic carbocycles. The van der Waals surface area contributed by atoms with Gasteiger partial charge < -0.3 is 4.74 Å². The summed E-state index contributed by atoms with van der Waals surface area (Å²) >= 11 is 0. The van der Waals surface area contributed by atoms with E-state index in [1.54, 1.807) is 0 Å². The Morgan fingerprint density at radius 2 is 2.44 bits per heavy atom. The minimum atomic E-state index is -0.785. The van der Waals surface area contributed by atoms with E-state index in [0.717, 1.165) is 6.42 Å². The zero-order valence-electron chi connectivity index (χ0n) is 4.94. The topological polar surface area (TPSA) is 9.23 Å². The third kappa shape index (κ3) is 1.48. The normalized spacial score (nSPS) is 29.1. The van der Waals surface area contributed by atoms with E-state index >= 15 is 0 Å². The highest BCUT2D eigenvalue weighted by molar-refractivity contribution is 4.95. The summed E-state index contributed by atoms with van der Waals surface area (Å²) in [5.41, 5.74) is 0. The number of hydrogen-bond donors (Lipinski definition) is 0. The van der Waals surface area contributed by atoms with E-state index in [4.69, 9.17) is 4.74 Å². The van der Waals surface area contributed by atoms with Gasteiger partial charge in [0, 0.05) is 6.61 Å². The van der Waals surface area contributed by atoms with Gasteiger partial charge in [-0.25, -0.2) is 8.78 Å². The molecule has 1 heterocycles. The van der Waals surface area contributed by atoms with Gasteiger partial charge in [-0.1, -0.05) is 0 Å². The van der Waals surface area contributed by atoms with Gasteiger partial charge in [-0.05, 0) is 12.8 Å². The van der Waals surface area contributed by atoms with Crippen molar-refractivity contribution < 1.29 is 13.5 Å². The van der Waals surface area contributed by atoms with Crippen molar-refractivity contribution in [2.45, 2.75) is 18.9 Å². The van der Waals surface area contributed by atoms with E-state index in [2.05, 4.69) is 0 Å². The van der Waals surface area contributed by atoms with Gasteiger partial charge in [0.2, 0.25) is 0 Å². The van der Waals surface area contributed by atoms with Crippen LogP contribution in [-0.2, 0) is 4.74 Å². The SMILES string of the molecule is F/C=C(\F)C1CCCO1. The molecule has 0 radical (unpaired) electrons. The van der Waals surface area contributed by atoms with Crippen molar-refractivity contribution >= 4 is 0 Å².